The zero-order valence-electron chi connectivity index (χ0n) is 31.1. The first kappa shape index (κ1) is 40.5. The molecule has 1 aliphatic heterocycles. The summed E-state index contributed by atoms with van der Waals surface area (Å²) in [5.74, 6) is 1.03. The summed E-state index contributed by atoms with van der Waals surface area (Å²) in [5, 5.41) is 3.50. The van der Waals surface area contributed by atoms with E-state index in [0.717, 1.165) is 37.7 Å². The maximum atomic E-state index is 14.2. The molecule has 0 radical (unpaired) electrons. The second-order valence-electron chi connectivity index (χ2n) is 15.5. The first-order valence-corrected chi connectivity index (χ1v) is 18.0. The summed E-state index contributed by atoms with van der Waals surface area (Å²) in [4.78, 5) is 30.5. The Kier molecular flexibility index (Phi) is 14.7. The first-order valence-electron chi connectivity index (χ1n) is 17.3. The van der Waals surface area contributed by atoms with E-state index in [2.05, 4.69) is 60.5 Å². The van der Waals surface area contributed by atoms with Gasteiger partial charge in [0.15, 0.2) is 11.6 Å². The standard InChI is InChI=1S/C35H64N4O6S/c1-14-32(9,10)24-33(11,12)30(41)35(16-3,17-4)44-25(5)27(40)34(13,15-2)45-26(22-36-31(6,7)8)23-43-29-28(37-46-38-29)39-18-20-42-21-19-39/h25-26,36H,14-24H2,1-13H3/t25-,26-,34?/m0/s1. The van der Waals surface area contributed by atoms with Crippen molar-refractivity contribution < 1.29 is 28.5 Å². The van der Waals surface area contributed by atoms with Gasteiger partial charge in [0, 0.05) is 30.6 Å². The van der Waals surface area contributed by atoms with Crippen LogP contribution < -0.4 is 15.0 Å². The molecule has 1 unspecified atom stereocenters. The third-order valence-electron chi connectivity index (χ3n) is 9.46. The van der Waals surface area contributed by atoms with Crippen LogP contribution in [0.5, 0.6) is 5.88 Å². The second kappa shape index (κ2) is 16.6. The smallest absolute Gasteiger partial charge is 0.270 e. The topological polar surface area (TPSA) is 112 Å². The van der Waals surface area contributed by atoms with Crippen LogP contribution >= 0.6 is 11.7 Å². The lowest BCUT2D eigenvalue weighted by Crippen LogP contribution is -2.55. The quantitative estimate of drug-likeness (QED) is 0.162. The predicted octanol–water partition coefficient (Wildman–Crippen LogP) is 6.65. The van der Waals surface area contributed by atoms with Crippen LogP contribution in [0, 0.1) is 10.8 Å². The largest absolute Gasteiger partial charge is 0.472 e. The van der Waals surface area contributed by atoms with E-state index in [4.69, 9.17) is 18.9 Å². The maximum absolute atomic E-state index is 14.2. The van der Waals surface area contributed by atoms with E-state index in [1.54, 1.807) is 6.92 Å². The molecule has 0 aliphatic carbocycles. The average Bonchev–Trinajstić information content (AvgIpc) is 3.48. The summed E-state index contributed by atoms with van der Waals surface area (Å²) < 4.78 is 33.8. The van der Waals surface area contributed by atoms with E-state index in [1.165, 1.54) is 0 Å². The predicted molar refractivity (Wildman–Crippen MR) is 186 cm³/mol. The summed E-state index contributed by atoms with van der Waals surface area (Å²) >= 11 is 1.11. The van der Waals surface area contributed by atoms with Crippen molar-refractivity contribution in [2.24, 2.45) is 10.8 Å². The number of carbonyl (C=O) groups is 2. The van der Waals surface area contributed by atoms with Crippen LogP contribution in [0.25, 0.3) is 0 Å². The molecule has 1 aromatic heterocycles. The van der Waals surface area contributed by atoms with Crippen molar-refractivity contribution in [2.75, 3.05) is 44.4 Å². The van der Waals surface area contributed by atoms with Crippen LogP contribution in [-0.4, -0.2) is 88.7 Å². The first-order chi connectivity index (χ1) is 21.3. The number of ketones is 2. The van der Waals surface area contributed by atoms with Gasteiger partial charge < -0.3 is 29.2 Å². The summed E-state index contributed by atoms with van der Waals surface area (Å²) in [6, 6.07) is 0. The molecule has 0 aromatic carbocycles. The molecule has 0 bridgehead atoms. The van der Waals surface area contributed by atoms with E-state index < -0.39 is 28.8 Å². The highest BCUT2D eigenvalue weighted by Gasteiger charge is 2.49. The fourth-order valence-electron chi connectivity index (χ4n) is 6.28. The van der Waals surface area contributed by atoms with Crippen molar-refractivity contribution in [2.45, 2.75) is 151 Å². The van der Waals surface area contributed by atoms with Gasteiger partial charge in [-0.15, -0.1) is 4.37 Å². The number of morpholine rings is 1. The fraction of sp³-hybridized carbons (Fsp3) is 0.886. The van der Waals surface area contributed by atoms with Gasteiger partial charge in [-0.25, -0.2) is 0 Å². The van der Waals surface area contributed by atoms with Crippen molar-refractivity contribution in [1.29, 1.82) is 0 Å². The fourth-order valence-corrected chi connectivity index (χ4v) is 6.80. The minimum atomic E-state index is -1.17. The number of rotatable bonds is 20. The minimum absolute atomic E-state index is 0.0121. The minimum Gasteiger partial charge on any atom is -0.472 e. The summed E-state index contributed by atoms with van der Waals surface area (Å²) in [7, 11) is 0. The van der Waals surface area contributed by atoms with E-state index in [9.17, 15) is 9.59 Å². The lowest BCUT2D eigenvalue weighted by molar-refractivity contribution is -0.182. The highest BCUT2D eigenvalue weighted by atomic mass is 32.1. The van der Waals surface area contributed by atoms with Gasteiger partial charge in [0.2, 0.25) is 5.82 Å². The molecule has 1 aliphatic rings. The number of ether oxygens (including phenoxy) is 4. The third-order valence-corrected chi connectivity index (χ3v) is 9.96. The van der Waals surface area contributed by atoms with Gasteiger partial charge in [-0.1, -0.05) is 61.8 Å². The molecule has 0 saturated carbocycles. The number of Topliss-reactive ketones (excluding diaryl/α,β-unsaturated/α-hetero) is 2. The Morgan fingerprint density at radius 3 is 2.04 bits per heavy atom. The Labute approximate surface area is 283 Å². The van der Waals surface area contributed by atoms with Crippen LogP contribution in [0.1, 0.15) is 122 Å². The summed E-state index contributed by atoms with van der Waals surface area (Å²) in [5.41, 5.74) is -3.01. The zero-order valence-corrected chi connectivity index (χ0v) is 31.9. The molecule has 1 N–H and O–H groups in total. The van der Waals surface area contributed by atoms with Gasteiger partial charge in [0.05, 0.1) is 24.9 Å². The lowest BCUT2D eigenvalue weighted by Gasteiger charge is -2.43. The molecule has 10 nitrogen and oxygen atoms in total. The third kappa shape index (κ3) is 10.9. The Balaban J connectivity index is 2.27. The van der Waals surface area contributed by atoms with Gasteiger partial charge in [-0.3, -0.25) is 9.59 Å². The van der Waals surface area contributed by atoms with Crippen molar-refractivity contribution >= 4 is 29.1 Å². The molecular weight excluding hydrogens is 604 g/mol. The Hall–Kier alpha value is -1.66. The molecule has 0 spiro atoms. The Morgan fingerprint density at radius 2 is 1.52 bits per heavy atom. The van der Waals surface area contributed by atoms with Crippen LogP contribution in [-0.2, 0) is 23.8 Å². The van der Waals surface area contributed by atoms with E-state index in [-0.39, 0.29) is 29.1 Å². The van der Waals surface area contributed by atoms with Gasteiger partial charge in [0.1, 0.15) is 30.0 Å². The lowest BCUT2D eigenvalue weighted by atomic mass is 9.67. The maximum Gasteiger partial charge on any atom is 0.270 e. The number of aromatic nitrogens is 2. The zero-order chi connectivity index (χ0) is 35.0. The molecule has 266 valence electrons. The Bertz CT molecular complexity index is 1110. The van der Waals surface area contributed by atoms with E-state index in [0.29, 0.717) is 50.7 Å². The van der Waals surface area contributed by atoms with Crippen molar-refractivity contribution in [1.82, 2.24) is 14.1 Å². The molecule has 46 heavy (non-hydrogen) atoms. The van der Waals surface area contributed by atoms with Gasteiger partial charge in [-0.05, 0) is 65.7 Å². The SMILES string of the molecule is CCC(C)(C)CC(C)(C)C(=O)C(CC)(CC)O[C@@H](C)C(=O)C(C)(CC)O[C@@H](CNC(C)(C)C)COc1nsnc1N1CCOCC1. The number of nitrogens with zero attached hydrogens (tertiary/aromatic N) is 3. The van der Waals surface area contributed by atoms with Crippen molar-refractivity contribution in [3.8, 4) is 5.88 Å². The number of anilines is 1. The van der Waals surface area contributed by atoms with Crippen molar-refractivity contribution in [3.05, 3.63) is 0 Å². The van der Waals surface area contributed by atoms with Crippen LogP contribution in [0.4, 0.5) is 5.82 Å². The van der Waals surface area contributed by atoms with Gasteiger partial charge in [-0.2, -0.15) is 4.37 Å². The molecule has 1 fully saturated rings. The number of carbonyl (C=O) groups excluding carboxylic acids is 2. The number of nitrogens with one attached hydrogen (secondary N) is 1. The van der Waals surface area contributed by atoms with E-state index in [1.807, 2.05) is 41.5 Å². The molecule has 3 atom stereocenters. The molecule has 11 heteroatoms. The molecule has 2 rings (SSSR count). The number of hydrogen-bond acceptors (Lipinski definition) is 11. The Morgan fingerprint density at radius 1 is 0.913 bits per heavy atom. The summed E-state index contributed by atoms with van der Waals surface area (Å²) in [6.45, 7) is 29.6. The highest BCUT2D eigenvalue weighted by molar-refractivity contribution is 6.99. The van der Waals surface area contributed by atoms with Gasteiger partial charge >= 0.3 is 0 Å². The molecule has 0 amide bonds. The molecular formula is C35H64N4O6S. The van der Waals surface area contributed by atoms with Crippen molar-refractivity contribution in [3.63, 3.8) is 0 Å². The van der Waals surface area contributed by atoms with Crippen LogP contribution in [0.2, 0.25) is 0 Å². The van der Waals surface area contributed by atoms with Crippen LogP contribution in [0.15, 0.2) is 0 Å². The highest BCUT2D eigenvalue weighted by Crippen LogP contribution is 2.42. The molecule has 1 saturated heterocycles. The molecule has 1 aromatic rings. The second-order valence-corrected chi connectivity index (χ2v) is 16.0. The molecule has 2 heterocycles. The van der Waals surface area contributed by atoms with Gasteiger partial charge in [0.25, 0.3) is 5.88 Å². The average molecular weight is 669 g/mol. The summed E-state index contributed by atoms with van der Waals surface area (Å²) in [6.07, 6.45) is 1.79. The number of hydrogen-bond donors (Lipinski definition) is 1. The normalized spacial score (nSPS) is 17.8. The van der Waals surface area contributed by atoms with Crippen LogP contribution in [0.3, 0.4) is 0 Å². The monoisotopic (exact) mass is 668 g/mol. The van der Waals surface area contributed by atoms with E-state index >= 15 is 0 Å².